The van der Waals surface area contributed by atoms with Gasteiger partial charge in [0, 0.05) is 0 Å². The standard InChI is InChI=1S/C30H30/c1-21(2)19-24-7-11-28(12-8-24)30-18-17-29(20-23(30)4)27-15-13-26(14-16-27)25-9-5-22(3)6-10-25/h5-18,20-21H,19H2,1-4H3. The summed E-state index contributed by atoms with van der Waals surface area (Å²) >= 11 is 0. The summed E-state index contributed by atoms with van der Waals surface area (Å²) in [5.41, 5.74) is 11.7. The Hall–Kier alpha value is -3.12. The zero-order chi connectivity index (χ0) is 21.1. The Bertz CT molecular complexity index is 1110. The van der Waals surface area contributed by atoms with E-state index in [0.29, 0.717) is 5.92 Å². The van der Waals surface area contributed by atoms with Gasteiger partial charge in [-0.2, -0.15) is 0 Å². The first kappa shape index (κ1) is 20.2. The van der Waals surface area contributed by atoms with Crippen molar-refractivity contribution in [2.24, 2.45) is 5.92 Å². The minimum atomic E-state index is 0.689. The molecule has 4 aromatic rings. The zero-order valence-electron chi connectivity index (χ0n) is 18.4. The van der Waals surface area contributed by atoms with Gasteiger partial charge in [0.1, 0.15) is 0 Å². The highest BCUT2D eigenvalue weighted by molar-refractivity contribution is 5.75. The lowest BCUT2D eigenvalue weighted by atomic mass is 9.93. The van der Waals surface area contributed by atoms with Gasteiger partial charge in [-0.3, -0.25) is 0 Å². The van der Waals surface area contributed by atoms with Crippen LogP contribution >= 0.6 is 0 Å². The van der Waals surface area contributed by atoms with Crippen LogP contribution in [-0.4, -0.2) is 0 Å². The van der Waals surface area contributed by atoms with Crippen LogP contribution in [0.4, 0.5) is 0 Å². The van der Waals surface area contributed by atoms with Crippen LogP contribution in [0.15, 0.2) is 91.0 Å². The minimum Gasteiger partial charge on any atom is -0.0625 e. The van der Waals surface area contributed by atoms with Crippen molar-refractivity contribution in [3.8, 4) is 33.4 Å². The quantitative estimate of drug-likeness (QED) is 0.320. The molecule has 0 heteroatoms. The molecular weight excluding hydrogens is 360 g/mol. The van der Waals surface area contributed by atoms with Crippen molar-refractivity contribution in [2.75, 3.05) is 0 Å². The van der Waals surface area contributed by atoms with Crippen molar-refractivity contribution in [2.45, 2.75) is 34.1 Å². The van der Waals surface area contributed by atoms with E-state index in [-0.39, 0.29) is 0 Å². The van der Waals surface area contributed by atoms with Crippen LogP contribution < -0.4 is 0 Å². The van der Waals surface area contributed by atoms with Gasteiger partial charge in [0.05, 0.1) is 0 Å². The molecule has 0 aromatic heterocycles. The summed E-state index contributed by atoms with van der Waals surface area (Å²) in [6.07, 6.45) is 1.14. The van der Waals surface area contributed by atoms with Gasteiger partial charge in [0.25, 0.3) is 0 Å². The molecule has 0 bridgehead atoms. The van der Waals surface area contributed by atoms with Crippen molar-refractivity contribution < 1.29 is 0 Å². The molecule has 0 aliphatic rings. The average Bonchev–Trinajstić information content (AvgIpc) is 2.75. The SMILES string of the molecule is Cc1ccc(-c2ccc(-c3ccc(-c4ccc(CC(C)C)cc4)c(C)c3)cc2)cc1. The topological polar surface area (TPSA) is 0 Å². The van der Waals surface area contributed by atoms with Gasteiger partial charge < -0.3 is 0 Å². The molecule has 4 rings (SSSR count). The fourth-order valence-electron chi connectivity index (χ4n) is 4.06. The van der Waals surface area contributed by atoms with E-state index in [1.54, 1.807) is 0 Å². The highest BCUT2D eigenvalue weighted by Crippen LogP contribution is 2.30. The van der Waals surface area contributed by atoms with Crippen LogP contribution in [0.3, 0.4) is 0 Å². The molecule has 30 heavy (non-hydrogen) atoms. The van der Waals surface area contributed by atoms with Crippen molar-refractivity contribution >= 4 is 0 Å². The van der Waals surface area contributed by atoms with Crippen molar-refractivity contribution in [3.05, 3.63) is 108 Å². The maximum absolute atomic E-state index is 2.30. The lowest BCUT2D eigenvalue weighted by Crippen LogP contribution is -1.93. The molecule has 0 radical (unpaired) electrons. The Labute approximate surface area is 181 Å². The molecular formula is C30H30. The van der Waals surface area contributed by atoms with E-state index in [1.165, 1.54) is 50.1 Å². The highest BCUT2D eigenvalue weighted by atomic mass is 14.1. The molecule has 0 atom stereocenters. The maximum Gasteiger partial charge on any atom is -0.0154 e. The second-order valence-electron chi connectivity index (χ2n) is 8.77. The molecule has 0 nitrogen and oxygen atoms in total. The van der Waals surface area contributed by atoms with Gasteiger partial charge in [-0.1, -0.05) is 110 Å². The molecule has 0 aliphatic carbocycles. The number of aryl methyl sites for hydroxylation is 2. The Morgan fingerprint density at radius 2 is 1.00 bits per heavy atom. The molecule has 0 fully saturated rings. The van der Waals surface area contributed by atoms with E-state index in [9.17, 15) is 0 Å². The van der Waals surface area contributed by atoms with Crippen molar-refractivity contribution in [3.63, 3.8) is 0 Å². The second-order valence-corrected chi connectivity index (χ2v) is 8.77. The van der Waals surface area contributed by atoms with Gasteiger partial charge >= 0.3 is 0 Å². The predicted molar refractivity (Wildman–Crippen MR) is 131 cm³/mol. The Morgan fingerprint density at radius 3 is 1.53 bits per heavy atom. The Kier molecular flexibility index (Phi) is 5.86. The third kappa shape index (κ3) is 4.54. The van der Waals surface area contributed by atoms with Crippen LogP contribution in [-0.2, 0) is 6.42 Å². The van der Waals surface area contributed by atoms with Crippen LogP contribution in [0, 0.1) is 19.8 Å². The van der Waals surface area contributed by atoms with Crippen LogP contribution in [0.25, 0.3) is 33.4 Å². The average molecular weight is 391 g/mol. The highest BCUT2D eigenvalue weighted by Gasteiger charge is 2.06. The lowest BCUT2D eigenvalue weighted by molar-refractivity contribution is 0.647. The maximum atomic E-state index is 2.30. The van der Waals surface area contributed by atoms with E-state index in [4.69, 9.17) is 0 Å². The van der Waals surface area contributed by atoms with E-state index in [0.717, 1.165) is 6.42 Å². The molecule has 0 saturated heterocycles. The number of rotatable bonds is 5. The summed E-state index contributed by atoms with van der Waals surface area (Å²) in [6.45, 7) is 8.87. The summed E-state index contributed by atoms with van der Waals surface area (Å²) in [4.78, 5) is 0. The van der Waals surface area contributed by atoms with Gasteiger partial charge in [0.15, 0.2) is 0 Å². The first-order chi connectivity index (χ1) is 14.5. The second kappa shape index (κ2) is 8.71. The summed E-state index contributed by atoms with van der Waals surface area (Å²) < 4.78 is 0. The monoisotopic (exact) mass is 390 g/mol. The number of benzene rings is 4. The Balaban J connectivity index is 1.56. The molecule has 150 valence electrons. The van der Waals surface area contributed by atoms with Gasteiger partial charge in [-0.25, -0.2) is 0 Å². The minimum absolute atomic E-state index is 0.689. The molecule has 0 amide bonds. The van der Waals surface area contributed by atoms with Crippen LogP contribution in [0.2, 0.25) is 0 Å². The summed E-state index contributed by atoms with van der Waals surface area (Å²) in [5, 5.41) is 0. The largest absolute Gasteiger partial charge is 0.0625 e. The van der Waals surface area contributed by atoms with E-state index >= 15 is 0 Å². The number of hydrogen-bond donors (Lipinski definition) is 0. The van der Waals surface area contributed by atoms with Crippen molar-refractivity contribution in [1.29, 1.82) is 0 Å². The molecule has 0 unspecified atom stereocenters. The molecule has 0 aliphatic heterocycles. The summed E-state index contributed by atoms with van der Waals surface area (Å²) in [6, 6.07) is 33.5. The molecule has 0 saturated carbocycles. The summed E-state index contributed by atoms with van der Waals surface area (Å²) in [5.74, 6) is 0.689. The first-order valence-corrected chi connectivity index (χ1v) is 10.9. The third-order valence-electron chi connectivity index (χ3n) is 5.74. The van der Waals surface area contributed by atoms with Crippen molar-refractivity contribution in [1.82, 2.24) is 0 Å². The molecule has 0 heterocycles. The zero-order valence-corrected chi connectivity index (χ0v) is 18.4. The molecule has 4 aromatic carbocycles. The predicted octanol–water partition coefficient (Wildman–Crippen LogP) is 8.50. The van der Waals surface area contributed by atoms with Gasteiger partial charge in [-0.05, 0) is 70.7 Å². The lowest BCUT2D eigenvalue weighted by Gasteiger charge is -2.11. The number of hydrogen-bond acceptors (Lipinski definition) is 0. The molecule has 0 N–H and O–H groups in total. The Morgan fingerprint density at radius 1 is 0.533 bits per heavy atom. The van der Waals surface area contributed by atoms with E-state index < -0.39 is 0 Å². The smallest absolute Gasteiger partial charge is 0.0154 e. The summed E-state index contributed by atoms with van der Waals surface area (Å²) in [7, 11) is 0. The third-order valence-corrected chi connectivity index (χ3v) is 5.74. The van der Waals surface area contributed by atoms with Gasteiger partial charge in [-0.15, -0.1) is 0 Å². The van der Waals surface area contributed by atoms with Crippen LogP contribution in [0.5, 0.6) is 0 Å². The van der Waals surface area contributed by atoms with E-state index in [1.807, 2.05) is 0 Å². The van der Waals surface area contributed by atoms with Gasteiger partial charge in [0.2, 0.25) is 0 Å². The first-order valence-electron chi connectivity index (χ1n) is 10.9. The normalized spacial score (nSPS) is 11.1. The van der Waals surface area contributed by atoms with Crippen LogP contribution in [0.1, 0.15) is 30.5 Å². The fraction of sp³-hybridized carbons (Fsp3) is 0.200. The van der Waals surface area contributed by atoms with E-state index in [2.05, 4.69) is 119 Å². The molecule has 0 spiro atoms. The fourth-order valence-corrected chi connectivity index (χ4v) is 4.06.